The van der Waals surface area contributed by atoms with E-state index in [0.717, 1.165) is 16.7 Å². The van der Waals surface area contributed by atoms with Gasteiger partial charge in [0, 0.05) is 6.54 Å². The van der Waals surface area contributed by atoms with Gasteiger partial charge in [-0.25, -0.2) is 4.79 Å². The van der Waals surface area contributed by atoms with E-state index in [1.807, 2.05) is 81.6 Å². The minimum atomic E-state index is -0.556. The molecule has 3 aromatic carbocycles. The molecule has 0 aromatic heterocycles. The van der Waals surface area contributed by atoms with Gasteiger partial charge in [0.05, 0.1) is 25.9 Å². The SMILES string of the molecule is CSC1OC(CC(C)CNC(=O)OC(C)(C)C)C(OCc2ccccc2)C(OCc2ccccc2)C1OCc1ccccc1. The van der Waals surface area contributed by atoms with Gasteiger partial charge in [-0.2, -0.15) is 0 Å². The van der Waals surface area contributed by atoms with E-state index in [1.165, 1.54) is 0 Å². The summed E-state index contributed by atoms with van der Waals surface area (Å²) >= 11 is 1.61. The molecule has 8 heteroatoms. The van der Waals surface area contributed by atoms with Crippen LogP contribution in [0.5, 0.6) is 0 Å². The van der Waals surface area contributed by atoms with E-state index in [9.17, 15) is 4.79 Å². The standard InChI is InChI=1S/C36H47NO6S/c1-26(22-37-35(38)43-36(2,3)4)21-30-31(39-23-27-15-9-6-10-16-27)32(40-24-28-17-11-7-12-18-28)33(34(42-30)44-5)41-25-29-19-13-8-14-20-29/h6-20,26,30-34H,21-25H2,1-5H3,(H,37,38). The van der Waals surface area contributed by atoms with Gasteiger partial charge in [-0.1, -0.05) is 97.9 Å². The number of hydrogen-bond acceptors (Lipinski definition) is 7. The third kappa shape index (κ3) is 10.9. The Bertz CT molecular complexity index is 1240. The molecule has 1 aliphatic heterocycles. The maximum Gasteiger partial charge on any atom is 0.407 e. The number of benzene rings is 3. The van der Waals surface area contributed by atoms with E-state index >= 15 is 0 Å². The van der Waals surface area contributed by atoms with E-state index in [2.05, 4.69) is 48.6 Å². The van der Waals surface area contributed by atoms with Crippen LogP contribution >= 0.6 is 11.8 Å². The fraction of sp³-hybridized carbons (Fsp3) is 0.472. The molecule has 1 aliphatic rings. The molecule has 44 heavy (non-hydrogen) atoms. The summed E-state index contributed by atoms with van der Waals surface area (Å²) in [6, 6.07) is 30.4. The Morgan fingerprint density at radius 3 is 1.68 bits per heavy atom. The highest BCUT2D eigenvalue weighted by molar-refractivity contribution is 7.99. The normalized spacial score (nSPS) is 22.7. The Kier molecular flexibility index (Phi) is 13.1. The monoisotopic (exact) mass is 621 g/mol. The molecule has 4 rings (SSSR count). The average Bonchev–Trinajstić information content (AvgIpc) is 3.02. The number of hydrogen-bond donors (Lipinski definition) is 1. The molecule has 1 fully saturated rings. The quantitative estimate of drug-likeness (QED) is 0.201. The topological polar surface area (TPSA) is 75.3 Å². The third-order valence-corrected chi connectivity index (χ3v) is 8.15. The number of alkyl carbamates (subject to hydrolysis) is 1. The van der Waals surface area contributed by atoms with E-state index < -0.39 is 23.9 Å². The fourth-order valence-corrected chi connectivity index (χ4v) is 5.93. The van der Waals surface area contributed by atoms with E-state index in [4.69, 9.17) is 23.7 Å². The first-order valence-electron chi connectivity index (χ1n) is 15.3. The first kappa shape index (κ1) is 34.0. The molecule has 0 spiro atoms. The summed E-state index contributed by atoms with van der Waals surface area (Å²) in [6.07, 6.45) is 0.796. The van der Waals surface area contributed by atoms with Crippen LogP contribution in [0.3, 0.4) is 0 Å². The zero-order valence-electron chi connectivity index (χ0n) is 26.5. The second-order valence-corrected chi connectivity index (χ2v) is 13.2. The van der Waals surface area contributed by atoms with Crippen LogP contribution in [0.25, 0.3) is 0 Å². The molecule has 7 nitrogen and oxygen atoms in total. The molecule has 0 saturated carbocycles. The van der Waals surface area contributed by atoms with E-state index in [-0.39, 0.29) is 23.6 Å². The third-order valence-electron chi connectivity index (χ3n) is 7.31. The van der Waals surface area contributed by atoms with Crippen LogP contribution in [-0.2, 0) is 43.5 Å². The molecule has 238 valence electrons. The van der Waals surface area contributed by atoms with Gasteiger partial charge in [-0.3, -0.25) is 0 Å². The predicted molar refractivity (Wildman–Crippen MR) is 175 cm³/mol. The first-order chi connectivity index (χ1) is 21.2. The van der Waals surface area contributed by atoms with Crippen molar-refractivity contribution >= 4 is 17.9 Å². The van der Waals surface area contributed by atoms with Crippen molar-refractivity contribution in [3.05, 3.63) is 108 Å². The van der Waals surface area contributed by atoms with Crippen LogP contribution in [-0.4, -0.2) is 54.3 Å². The summed E-state index contributed by atoms with van der Waals surface area (Å²) in [5.74, 6) is 0.0920. The van der Waals surface area contributed by atoms with Crippen LogP contribution in [0, 0.1) is 5.92 Å². The summed E-state index contributed by atoms with van der Waals surface area (Å²) < 4.78 is 32.3. The number of carbonyl (C=O) groups excluding carboxylic acids is 1. The molecule has 0 aliphatic carbocycles. The van der Waals surface area contributed by atoms with Gasteiger partial charge in [0.25, 0.3) is 0 Å². The Morgan fingerprint density at radius 2 is 1.23 bits per heavy atom. The van der Waals surface area contributed by atoms with Crippen LogP contribution in [0.1, 0.15) is 50.8 Å². The fourth-order valence-electron chi connectivity index (χ4n) is 5.18. The van der Waals surface area contributed by atoms with Gasteiger partial charge in [-0.15, -0.1) is 11.8 Å². The minimum Gasteiger partial charge on any atom is -0.444 e. The highest BCUT2D eigenvalue weighted by Crippen LogP contribution is 2.36. The Hall–Kier alpha value is -2.88. The summed E-state index contributed by atoms with van der Waals surface area (Å²) in [5, 5.41) is 2.91. The van der Waals surface area contributed by atoms with Crippen LogP contribution < -0.4 is 5.32 Å². The van der Waals surface area contributed by atoms with Gasteiger partial charge in [0.15, 0.2) is 0 Å². The van der Waals surface area contributed by atoms with Crippen molar-refractivity contribution in [2.45, 2.75) is 89.4 Å². The summed E-state index contributed by atoms with van der Waals surface area (Å²) in [5.41, 5.74) is 2.41. The number of ether oxygens (including phenoxy) is 5. The van der Waals surface area contributed by atoms with Gasteiger partial charge in [0.1, 0.15) is 29.3 Å². The number of amides is 1. The second-order valence-electron chi connectivity index (χ2n) is 12.3. The number of carbonyl (C=O) groups is 1. The highest BCUT2D eigenvalue weighted by atomic mass is 32.2. The maximum absolute atomic E-state index is 12.4. The molecule has 0 bridgehead atoms. The van der Waals surface area contributed by atoms with Crippen LogP contribution in [0.15, 0.2) is 91.0 Å². The lowest BCUT2D eigenvalue weighted by atomic mass is 9.92. The van der Waals surface area contributed by atoms with Crippen LogP contribution in [0.4, 0.5) is 4.79 Å². The number of rotatable bonds is 14. The molecule has 6 unspecified atom stereocenters. The van der Waals surface area contributed by atoms with Crippen molar-refractivity contribution in [2.24, 2.45) is 5.92 Å². The zero-order valence-corrected chi connectivity index (χ0v) is 27.3. The molecule has 1 heterocycles. The molecule has 1 N–H and O–H groups in total. The Balaban J connectivity index is 1.57. The second kappa shape index (κ2) is 17.0. The maximum atomic E-state index is 12.4. The highest BCUT2D eigenvalue weighted by Gasteiger charge is 2.48. The number of thioether (sulfide) groups is 1. The largest absolute Gasteiger partial charge is 0.444 e. The van der Waals surface area contributed by atoms with Gasteiger partial charge >= 0.3 is 6.09 Å². The number of nitrogens with one attached hydrogen (secondary N) is 1. The molecule has 6 atom stereocenters. The smallest absolute Gasteiger partial charge is 0.407 e. The lowest BCUT2D eigenvalue weighted by Gasteiger charge is -2.46. The van der Waals surface area contributed by atoms with Crippen molar-refractivity contribution in [1.82, 2.24) is 5.32 Å². The van der Waals surface area contributed by atoms with Gasteiger partial charge in [0.2, 0.25) is 0 Å². The van der Waals surface area contributed by atoms with Crippen molar-refractivity contribution in [3.8, 4) is 0 Å². The Labute approximate surface area is 267 Å². The molecule has 1 amide bonds. The average molecular weight is 622 g/mol. The molecule has 1 saturated heterocycles. The minimum absolute atomic E-state index is 0.0920. The molecular weight excluding hydrogens is 574 g/mol. The van der Waals surface area contributed by atoms with Gasteiger partial charge < -0.3 is 29.0 Å². The Morgan fingerprint density at radius 1 is 0.773 bits per heavy atom. The van der Waals surface area contributed by atoms with E-state index in [0.29, 0.717) is 32.8 Å². The lowest BCUT2D eigenvalue weighted by Crippen LogP contribution is -2.59. The van der Waals surface area contributed by atoms with Crippen molar-refractivity contribution < 1.29 is 28.5 Å². The predicted octanol–water partition coefficient (Wildman–Crippen LogP) is 7.38. The lowest BCUT2D eigenvalue weighted by molar-refractivity contribution is -0.249. The van der Waals surface area contributed by atoms with E-state index in [1.54, 1.807) is 11.8 Å². The van der Waals surface area contributed by atoms with Crippen LogP contribution in [0.2, 0.25) is 0 Å². The van der Waals surface area contributed by atoms with Crippen molar-refractivity contribution in [2.75, 3.05) is 12.8 Å². The summed E-state index contributed by atoms with van der Waals surface area (Å²) in [7, 11) is 0. The van der Waals surface area contributed by atoms with Crippen molar-refractivity contribution in [3.63, 3.8) is 0 Å². The molecular formula is C36H47NO6S. The van der Waals surface area contributed by atoms with Crippen molar-refractivity contribution in [1.29, 1.82) is 0 Å². The zero-order chi connectivity index (χ0) is 31.4. The van der Waals surface area contributed by atoms with Gasteiger partial charge in [-0.05, 0) is 56.1 Å². The molecule has 3 aromatic rings. The molecule has 0 radical (unpaired) electrons. The first-order valence-corrected chi connectivity index (χ1v) is 16.6. The summed E-state index contributed by atoms with van der Waals surface area (Å²) in [4.78, 5) is 12.4. The summed E-state index contributed by atoms with van der Waals surface area (Å²) in [6.45, 7) is 9.39.